The van der Waals surface area contributed by atoms with Crippen molar-refractivity contribution in [3.63, 3.8) is 0 Å². The maximum absolute atomic E-state index is 12.5. The monoisotopic (exact) mass is 359 g/mol. The molecule has 1 aromatic carbocycles. The molecule has 2 aliphatic rings. The minimum atomic E-state index is -0.0614. The molecule has 1 saturated heterocycles. The van der Waals surface area contributed by atoms with Crippen LogP contribution in [0.1, 0.15) is 31.2 Å². The molecule has 2 amide bonds. The number of nitrogens with zero attached hydrogens (tertiary/aromatic N) is 2. The number of nitrogens with one attached hydrogen (secondary N) is 1. The third-order valence-corrected chi connectivity index (χ3v) is 4.70. The minimum Gasteiger partial charge on any atom is -0.497 e. The summed E-state index contributed by atoms with van der Waals surface area (Å²) in [7, 11) is 1.65. The summed E-state index contributed by atoms with van der Waals surface area (Å²) in [6.07, 6.45) is 2.84. The zero-order valence-corrected chi connectivity index (χ0v) is 15.1. The molecule has 0 bridgehead atoms. The van der Waals surface area contributed by atoms with Gasteiger partial charge in [-0.2, -0.15) is 5.10 Å². The largest absolute Gasteiger partial charge is 0.497 e. The summed E-state index contributed by atoms with van der Waals surface area (Å²) < 4.78 is 11.1. The lowest BCUT2D eigenvalue weighted by molar-refractivity contribution is -0.138. The number of carbonyl (C=O) groups is 2. The SMILES string of the molecule is COc1cccc(CC2CN(C(=O)CCC3=NNC(=O)CC3)CCO2)c1. The summed E-state index contributed by atoms with van der Waals surface area (Å²) in [6.45, 7) is 1.77. The van der Waals surface area contributed by atoms with Gasteiger partial charge in [0.25, 0.3) is 0 Å². The molecule has 0 saturated carbocycles. The molecule has 0 radical (unpaired) electrons. The first-order chi connectivity index (χ1) is 12.6. The van der Waals surface area contributed by atoms with Crippen LogP contribution >= 0.6 is 0 Å². The highest BCUT2D eigenvalue weighted by Gasteiger charge is 2.25. The van der Waals surface area contributed by atoms with E-state index in [1.54, 1.807) is 7.11 Å². The number of hydrogen-bond acceptors (Lipinski definition) is 5. The second-order valence-corrected chi connectivity index (χ2v) is 6.60. The van der Waals surface area contributed by atoms with Crippen LogP contribution < -0.4 is 10.2 Å². The molecular formula is C19H25N3O4. The summed E-state index contributed by atoms with van der Waals surface area (Å²) in [5.41, 5.74) is 4.50. The van der Waals surface area contributed by atoms with Gasteiger partial charge in [0, 0.05) is 38.1 Å². The summed E-state index contributed by atoms with van der Waals surface area (Å²) in [4.78, 5) is 25.5. The predicted octanol–water partition coefficient (Wildman–Crippen LogP) is 1.51. The maximum atomic E-state index is 12.5. The van der Waals surface area contributed by atoms with Gasteiger partial charge in [-0.25, -0.2) is 5.43 Å². The maximum Gasteiger partial charge on any atom is 0.240 e. The van der Waals surface area contributed by atoms with Gasteiger partial charge in [-0.3, -0.25) is 9.59 Å². The Morgan fingerprint density at radius 1 is 1.42 bits per heavy atom. The summed E-state index contributed by atoms with van der Waals surface area (Å²) in [5, 5.41) is 4.02. The van der Waals surface area contributed by atoms with E-state index in [2.05, 4.69) is 10.5 Å². The van der Waals surface area contributed by atoms with Gasteiger partial charge in [-0.1, -0.05) is 12.1 Å². The lowest BCUT2D eigenvalue weighted by Crippen LogP contribution is -2.46. The predicted molar refractivity (Wildman–Crippen MR) is 97.1 cm³/mol. The molecule has 0 aromatic heterocycles. The molecule has 1 N–H and O–H groups in total. The van der Waals surface area contributed by atoms with Crippen molar-refractivity contribution in [3.05, 3.63) is 29.8 Å². The van der Waals surface area contributed by atoms with Crippen molar-refractivity contribution in [2.24, 2.45) is 5.10 Å². The topological polar surface area (TPSA) is 80.2 Å². The van der Waals surface area contributed by atoms with E-state index in [1.165, 1.54) is 0 Å². The number of morpholine rings is 1. The van der Waals surface area contributed by atoms with Crippen LogP contribution in [0.4, 0.5) is 0 Å². The number of benzene rings is 1. The molecule has 1 fully saturated rings. The van der Waals surface area contributed by atoms with E-state index in [4.69, 9.17) is 9.47 Å². The Hall–Kier alpha value is -2.41. The first kappa shape index (κ1) is 18.4. The van der Waals surface area contributed by atoms with E-state index in [9.17, 15) is 9.59 Å². The first-order valence-corrected chi connectivity index (χ1v) is 9.00. The Labute approximate surface area is 153 Å². The molecule has 2 aliphatic heterocycles. The van der Waals surface area contributed by atoms with Gasteiger partial charge in [0.2, 0.25) is 11.8 Å². The molecule has 1 atom stereocenters. The minimum absolute atomic E-state index is 0.00823. The third-order valence-electron chi connectivity index (χ3n) is 4.70. The van der Waals surface area contributed by atoms with E-state index < -0.39 is 0 Å². The quantitative estimate of drug-likeness (QED) is 0.835. The second kappa shape index (κ2) is 8.80. The first-order valence-electron chi connectivity index (χ1n) is 9.00. The molecule has 26 heavy (non-hydrogen) atoms. The van der Waals surface area contributed by atoms with Crippen LogP contribution in [0, 0.1) is 0 Å². The second-order valence-electron chi connectivity index (χ2n) is 6.60. The lowest BCUT2D eigenvalue weighted by atomic mass is 10.0. The molecular weight excluding hydrogens is 334 g/mol. The molecule has 0 aliphatic carbocycles. The van der Waals surface area contributed by atoms with Gasteiger partial charge in [0.05, 0.1) is 19.8 Å². The normalized spacial score (nSPS) is 20.3. The Balaban J connectivity index is 1.49. The van der Waals surface area contributed by atoms with Crippen molar-refractivity contribution in [1.29, 1.82) is 0 Å². The summed E-state index contributed by atoms with van der Waals surface area (Å²) in [5.74, 6) is 0.878. The number of methoxy groups -OCH3 is 1. The van der Waals surface area contributed by atoms with E-state index in [1.807, 2.05) is 29.2 Å². The van der Waals surface area contributed by atoms with Crippen LogP contribution in [0.3, 0.4) is 0 Å². The van der Waals surface area contributed by atoms with Gasteiger partial charge >= 0.3 is 0 Å². The number of rotatable bonds is 6. The molecule has 140 valence electrons. The van der Waals surface area contributed by atoms with E-state index in [-0.39, 0.29) is 17.9 Å². The Morgan fingerprint density at radius 3 is 3.08 bits per heavy atom. The summed E-state index contributed by atoms with van der Waals surface area (Å²) in [6, 6.07) is 7.92. The fourth-order valence-corrected chi connectivity index (χ4v) is 3.23. The van der Waals surface area contributed by atoms with Crippen LogP contribution in [0.2, 0.25) is 0 Å². The molecule has 1 aromatic rings. The zero-order chi connectivity index (χ0) is 18.4. The average molecular weight is 359 g/mol. The highest BCUT2D eigenvalue weighted by molar-refractivity contribution is 5.94. The van der Waals surface area contributed by atoms with Crippen molar-refractivity contribution >= 4 is 17.5 Å². The van der Waals surface area contributed by atoms with E-state index >= 15 is 0 Å². The van der Waals surface area contributed by atoms with Crippen molar-refractivity contribution < 1.29 is 19.1 Å². The van der Waals surface area contributed by atoms with E-state index in [0.29, 0.717) is 45.4 Å². The van der Waals surface area contributed by atoms with Gasteiger partial charge in [-0.05, 0) is 30.5 Å². The van der Waals surface area contributed by atoms with E-state index in [0.717, 1.165) is 23.4 Å². The van der Waals surface area contributed by atoms with Crippen LogP contribution in [0.5, 0.6) is 5.75 Å². The van der Waals surface area contributed by atoms with Crippen molar-refractivity contribution in [2.45, 2.75) is 38.2 Å². The van der Waals surface area contributed by atoms with Crippen LogP contribution in [-0.4, -0.2) is 55.3 Å². The average Bonchev–Trinajstić information content (AvgIpc) is 2.67. The van der Waals surface area contributed by atoms with Crippen molar-refractivity contribution in [1.82, 2.24) is 10.3 Å². The van der Waals surface area contributed by atoms with Crippen molar-refractivity contribution in [3.8, 4) is 5.75 Å². The highest BCUT2D eigenvalue weighted by atomic mass is 16.5. The third kappa shape index (κ3) is 5.05. The van der Waals surface area contributed by atoms with Crippen LogP contribution in [-0.2, 0) is 20.7 Å². The lowest BCUT2D eigenvalue weighted by Gasteiger charge is -2.33. The molecule has 0 spiro atoms. The summed E-state index contributed by atoms with van der Waals surface area (Å²) >= 11 is 0. The molecule has 7 nitrogen and oxygen atoms in total. The van der Waals surface area contributed by atoms with Gasteiger partial charge < -0.3 is 14.4 Å². The molecule has 3 rings (SSSR count). The Bertz CT molecular complexity index is 689. The number of hydrogen-bond donors (Lipinski definition) is 1. The highest BCUT2D eigenvalue weighted by Crippen LogP contribution is 2.18. The van der Waals surface area contributed by atoms with Gasteiger partial charge in [0.1, 0.15) is 5.75 Å². The molecule has 1 unspecified atom stereocenters. The van der Waals surface area contributed by atoms with Gasteiger partial charge in [-0.15, -0.1) is 0 Å². The molecule has 7 heteroatoms. The zero-order valence-electron chi connectivity index (χ0n) is 15.1. The van der Waals surface area contributed by atoms with Crippen LogP contribution in [0.25, 0.3) is 0 Å². The number of hydrazone groups is 1. The smallest absolute Gasteiger partial charge is 0.240 e. The Kier molecular flexibility index (Phi) is 6.22. The van der Waals surface area contributed by atoms with Gasteiger partial charge in [0.15, 0.2) is 0 Å². The standard InChI is InChI=1S/C19H25N3O4/c1-25-16-4-2-3-14(11-16)12-17-13-22(9-10-26-17)19(24)8-6-15-5-7-18(23)21-20-15/h2-4,11,17H,5-10,12-13H2,1H3,(H,21,23). The fourth-order valence-electron chi connectivity index (χ4n) is 3.23. The number of carbonyl (C=O) groups excluding carboxylic acids is 2. The Morgan fingerprint density at radius 2 is 2.31 bits per heavy atom. The number of amides is 2. The van der Waals surface area contributed by atoms with Crippen molar-refractivity contribution in [2.75, 3.05) is 26.8 Å². The fraction of sp³-hybridized carbons (Fsp3) is 0.526. The number of ether oxygens (including phenoxy) is 2. The van der Waals surface area contributed by atoms with Crippen LogP contribution in [0.15, 0.2) is 29.4 Å². The molecule has 2 heterocycles.